The molecule has 2 nitrogen and oxygen atoms in total. The van der Waals surface area contributed by atoms with Crippen molar-refractivity contribution in [1.29, 1.82) is 0 Å². The van der Waals surface area contributed by atoms with Gasteiger partial charge < -0.3 is 10.2 Å². The highest BCUT2D eigenvalue weighted by Crippen LogP contribution is 2.30. The number of likely N-dealkylation sites (N-methyl/N-ethyl adjacent to an activating group) is 2. The lowest BCUT2D eigenvalue weighted by molar-refractivity contribution is 0.236. The zero-order valence-electron chi connectivity index (χ0n) is 10.3. The van der Waals surface area contributed by atoms with Crippen LogP contribution < -0.4 is 5.32 Å². The van der Waals surface area contributed by atoms with Crippen molar-refractivity contribution in [3.8, 4) is 0 Å². The first-order valence-corrected chi connectivity index (χ1v) is 6.75. The number of nitrogens with one attached hydrogen (secondary N) is 1. The molecule has 0 spiro atoms. The minimum absolute atomic E-state index is 0.753. The summed E-state index contributed by atoms with van der Waals surface area (Å²) in [6.07, 6.45) is 8.69. The smallest absolute Gasteiger partial charge is 0.0223 e. The second-order valence-corrected chi connectivity index (χ2v) is 5.38. The second kappa shape index (κ2) is 5.31. The van der Waals surface area contributed by atoms with Gasteiger partial charge in [0.15, 0.2) is 0 Å². The average Bonchev–Trinajstić information content (AvgIpc) is 2.94. The molecule has 0 aliphatic heterocycles. The molecule has 2 saturated carbocycles. The lowest BCUT2D eigenvalue weighted by atomic mass is 9.97. The first-order chi connectivity index (χ1) is 7.31. The summed E-state index contributed by atoms with van der Waals surface area (Å²) < 4.78 is 0. The van der Waals surface area contributed by atoms with E-state index in [0.717, 1.165) is 24.5 Å². The van der Waals surface area contributed by atoms with Gasteiger partial charge in [0.05, 0.1) is 0 Å². The summed E-state index contributed by atoms with van der Waals surface area (Å²) in [5.41, 5.74) is 0. The van der Waals surface area contributed by atoms with Crippen LogP contribution in [0.3, 0.4) is 0 Å². The number of rotatable bonds is 6. The van der Waals surface area contributed by atoms with Crippen molar-refractivity contribution >= 4 is 0 Å². The minimum atomic E-state index is 0.753. The van der Waals surface area contributed by atoms with Crippen LogP contribution in [0.4, 0.5) is 0 Å². The highest BCUT2D eigenvalue weighted by atomic mass is 15.2. The molecule has 0 radical (unpaired) electrons. The molecule has 0 aromatic rings. The van der Waals surface area contributed by atoms with Crippen LogP contribution in [0.5, 0.6) is 0 Å². The predicted octanol–water partition coefficient (Wildman–Crippen LogP) is 2.25. The molecular weight excluding hydrogens is 184 g/mol. The Morgan fingerprint density at radius 3 is 2.40 bits per heavy atom. The third-order valence-corrected chi connectivity index (χ3v) is 4.09. The van der Waals surface area contributed by atoms with Crippen LogP contribution in [0.1, 0.15) is 45.4 Å². The lowest BCUT2D eigenvalue weighted by Gasteiger charge is -2.29. The molecule has 0 bridgehead atoms. The fraction of sp³-hybridized carbons (Fsp3) is 1.00. The molecule has 2 fully saturated rings. The van der Waals surface area contributed by atoms with Gasteiger partial charge in [-0.1, -0.05) is 19.8 Å². The van der Waals surface area contributed by atoms with E-state index in [1.165, 1.54) is 45.1 Å². The van der Waals surface area contributed by atoms with Gasteiger partial charge in [0.2, 0.25) is 0 Å². The molecule has 2 rings (SSSR count). The topological polar surface area (TPSA) is 15.3 Å². The summed E-state index contributed by atoms with van der Waals surface area (Å²) >= 11 is 0. The molecule has 88 valence electrons. The quantitative estimate of drug-likeness (QED) is 0.723. The fourth-order valence-electron chi connectivity index (χ4n) is 2.98. The van der Waals surface area contributed by atoms with Crippen LogP contribution in [0.15, 0.2) is 0 Å². The Morgan fingerprint density at radius 1 is 1.20 bits per heavy atom. The van der Waals surface area contributed by atoms with Crippen molar-refractivity contribution < 1.29 is 0 Å². The molecule has 1 unspecified atom stereocenters. The highest BCUT2D eigenvalue weighted by molar-refractivity contribution is 4.88. The molecule has 2 aliphatic rings. The maximum Gasteiger partial charge on any atom is 0.0223 e. The van der Waals surface area contributed by atoms with Gasteiger partial charge in [-0.25, -0.2) is 0 Å². The number of hydrogen-bond donors (Lipinski definition) is 1. The van der Waals surface area contributed by atoms with E-state index in [-0.39, 0.29) is 0 Å². The van der Waals surface area contributed by atoms with E-state index in [0.29, 0.717) is 0 Å². The molecule has 1 atom stereocenters. The van der Waals surface area contributed by atoms with Gasteiger partial charge in [0, 0.05) is 18.6 Å². The zero-order chi connectivity index (χ0) is 10.7. The summed E-state index contributed by atoms with van der Waals surface area (Å²) in [5.74, 6) is 0.950. The summed E-state index contributed by atoms with van der Waals surface area (Å²) in [6.45, 7) is 4.63. The average molecular weight is 210 g/mol. The SMILES string of the molecule is CCNC(CN(C)C1CC1)C1CCCC1. The van der Waals surface area contributed by atoms with Gasteiger partial charge in [-0.15, -0.1) is 0 Å². The van der Waals surface area contributed by atoms with E-state index in [2.05, 4.69) is 24.2 Å². The maximum absolute atomic E-state index is 3.70. The first-order valence-electron chi connectivity index (χ1n) is 6.75. The van der Waals surface area contributed by atoms with Crippen LogP contribution in [0, 0.1) is 5.92 Å². The molecule has 0 amide bonds. The number of nitrogens with zero attached hydrogens (tertiary/aromatic N) is 1. The van der Waals surface area contributed by atoms with Gasteiger partial charge in [-0.3, -0.25) is 0 Å². The molecule has 0 saturated heterocycles. The van der Waals surface area contributed by atoms with Crippen LogP contribution in [-0.2, 0) is 0 Å². The Bertz CT molecular complexity index is 183. The summed E-state index contributed by atoms with van der Waals surface area (Å²) in [6, 6.07) is 1.66. The van der Waals surface area contributed by atoms with E-state index >= 15 is 0 Å². The molecule has 1 N–H and O–H groups in total. The third-order valence-electron chi connectivity index (χ3n) is 4.09. The van der Waals surface area contributed by atoms with Gasteiger partial charge >= 0.3 is 0 Å². The van der Waals surface area contributed by atoms with E-state index in [1.54, 1.807) is 0 Å². The second-order valence-electron chi connectivity index (χ2n) is 5.38. The lowest BCUT2D eigenvalue weighted by Crippen LogP contribution is -2.44. The fourth-order valence-corrected chi connectivity index (χ4v) is 2.98. The zero-order valence-corrected chi connectivity index (χ0v) is 10.3. The van der Waals surface area contributed by atoms with Crippen LogP contribution >= 0.6 is 0 Å². The van der Waals surface area contributed by atoms with Crippen molar-refractivity contribution in [2.75, 3.05) is 20.1 Å². The largest absolute Gasteiger partial charge is 0.313 e. The standard InChI is InChI=1S/C13H26N2/c1-3-14-13(11-6-4-5-7-11)10-15(2)12-8-9-12/h11-14H,3-10H2,1-2H3. The van der Waals surface area contributed by atoms with Crippen LogP contribution in [0.25, 0.3) is 0 Å². The molecule has 0 aromatic carbocycles. The van der Waals surface area contributed by atoms with Crippen LogP contribution in [-0.4, -0.2) is 37.1 Å². The van der Waals surface area contributed by atoms with E-state index in [1.807, 2.05) is 0 Å². The van der Waals surface area contributed by atoms with E-state index < -0.39 is 0 Å². The van der Waals surface area contributed by atoms with E-state index in [4.69, 9.17) is 0 Å². The number of hydrogen-bond acceptors (Lipinski definition) is 2. The Morgan fingerprint density at radius 2 is 1.87 bits per heavy atom. The Hall–Kier alpha value is -0.0800. The van der Waals surface area contributed by atoms with Crippen molar-refractivity contribution in [3.05, 3.63) is 0 Å². The summed E-state index contributed by atoms with van der Waals surface area (Å²) in [4.78, 5) is 2.58. The van der Waals surface area contributed by atoms with Crippen molar-refractivity contribution in [2.24, 2.45) is 5.92 Å². The Balaban J connectivity index is 1.80. The van der Waals surface area contributed by atoms with Gasteiger partial charge in [0.1, 0.15) is 0 Å². The van der Waals surface area contributed by atoms with Crippen LogP contribution in [0.2, 0.25) is 0 Å². The van der Waals surface area contributed by atoms with Gasteiger partial charge in [-0.05, 0) is 45.2 Å². The molecule has 0 heterocycles. The van der Waals surface area contributed by atoms with Gasteiger partial charge in [0.25, 0.3) is 0 Å². The normalized spacial score (nSPS) is 25.0. The summed E-state index contributed by atoms with van der Waals surface area (Å²) in [7, 11) is 2.30. The molecular formula is C13H26N2. The van der Waals surface area contributed by atoms with Crippen molar-refractivity contribution in [3.63, 3.8) is 0 Å². The monoisotopic (exact) mass is 210 g/mol. The van der Waals surface area contributed by atoms with E-state index in [9.17, 15) is 0 Å². The Kier molecular flexibility index (Phi) is 4.04. The maximum atomic E-state index is 3.70. The van der Waals surface area contributed by atoms with Crippen molar-refractivity contribution in [1.82, 2.24) is 10.2 Å². The van der Waals surface area contributed by atoms with Crippen molar-refractivity contribution in [2.45, 2.75) is 57.5 Å². The third kappa shape index (κ3) is 3.18. The first kappa shape index (κ1) is 11.4. The van der Waals surface area contributed by atoms with Gasteiger partial charge in [-0.2, -0.15) is 0 Å². The molecule has 2 heteroatoms. The predicted molar refractivity (Wildman–Crippen MR) is 65.1 cm³/mol. The molecule has 2 aliphatic carbocycles. The summed E-state index contributed by atoms with van der Waals surface area (Å²) in [5, 5.41) is 3.70. The molecule has 0 aromatic heterocycles. The molecule has 15 heavy (non-hydrogen) atoms. The Labute approximate surface area is 94.4 Å². The minimum Gasteiger partial charge on any atom is -0.313 e. The highest BCUT2D eigenvalue weighted by Gasteiger charge is 2.31.